The molecule has 0 aliphatic heterocycles. The molecule has 20 heavy (non-hydrogen) atoms. The number of hydrogen-bond donors (Lipinski definition) is 2. The monoisotopic (exact) mass is 334 g/mol. The van der Waals surface area contributed by atoms with Gasteiger partial charge in [0, 0.05) is 10.5 Å². The number of carbonyl (C=O) groups excluding carboxylic acids is 1. The molecule has 3 N–H and O–H groups in total. The quantitative estimate of drug-likeness (QED) is 0.902. The van der Waals surface area contributed by atoms with Gasteiger partial charge in [0.1, 0.15) is 11.8 Å². The molecule has 0 bridgehead atoms. The topological polar surface area (TPSA) is 64.3 Å². The highest BCUT2D eigenvalue weighted by Gasteiger charge is 2.16. The lowest BCUT2D eigenvalue weighted by Crippen LogP contribution is -2.27. The number of ether oxygens (including phenoxy) is 1. The van der Waals surface area contributed by atoms with Crippen LogP contribution in [-0.2, 0) is 4.79 Å². The number of methoxy groups -OCH3 is 1. The Morgan fingerprint density at radius 1 is 1.25 bits per heavy atom. The normalized spacial score (nSPS) is 11.8. The third-order valence-electron chi connectivity index (χ3n) is 2.87. The van der Waals surface area contributed by atoms with Gasteiger partial charge >= 0.3 is 0 Å². The van der Waals surface area contributed by atoms with E-state index in [0.29, 0.717) is 11.4 Å². The van der Waals surface area contributed by atoms with Gasteiger partial charge in [-0.1, -0.05) is 30.3 Å². The second-order valence-corrected chi connectivity index (χ2v) is 5.08. The minimum Gasteiger partial charge on any atom is -0.497 e. The molecule has 0 aromatic heterocycles. The fraction of sp³-hybridized carbons (Fsp3) is 0.133. The zero-order valence-corrected chi connectivity index (χ0v) is 12.6. The SMILES string of the molecule is COc1ccc(Br)c(NC(=O)[C@H](N)c2ccccc2)c1. The van der Waals surface area contributed by atoms with Crippen molar-refractivity contribution < 1.29 is 9.53 Å². The van der Waals surface area contributed by atoms with E-state index in [2.05, 4.69) is 21.2 Å². The molecule has 1 amide bonds. The number of carbonyl (C=O) groups is 1. The molecule has 5 heteroatoms. The number of nitrogens with one attached hydrogen (secondary N) is 1. The first-order chi connectivity index (χ1) is 9.61. The molecule has 0 spiro atoms. The van der Waals surface area contributed by atoms with Gasteiger partial charge in [0.25, 0.3) is 0 Å². The van der Waals surface area contributed by atoms with E-state index >= 15 is 0 Å². The summed E-state index contributed by atoms with van der Waals surface area (Å²) in [6.07, 6.45) is 0. The number of nitrogens with two attached hydrogens (primary N) is 1. The zero-order valence-electron chi connectivity index (χ0n) is 11.0. The molecule has 0 saturated heterocycles. The van der Waals surface area contributed by atoms with E-state index in [-0.39, 0.29) is 5.91 Å². The van der Waals surface area contributed by atoms with Crippen LogP contribution in [0.5, 0.6) is 5.75 Å². The Balaban J connectivity index is 2.15. The van der Waals surface area contributed by atoms with Gasteiger partial charge in [-0.15, -0.1) is 0 Å². The van der Waals surface area contributed by atoms with Crippen molar-refractivity contribution in [2.24, 2.45) is 5.73 Å². The lowest BCUT2D eigenvalue weighted by Gasteiger charge is -2.14. The molecule has 0 aliphatic rings. The highest BCUT2D eigenvalue weighted by molar-refractivity contribution is 9.10. The summed E-state index contributed by atoms with van der Waals surface area (Å²) < 4.78 is 5.90. The Bertz CT molecular complexity index is 602. The summed E-state index contributed by atoms with van der Waals surface area (Å²) in [6, 6.07) is 13.9. The fourth-order valence-corrected chi connectivity index (χ4v) is 2.10. The van der Waals surface area contributed by atoms with Crippen molar-refractivity contribution in [2.45, 2.75) is 6.04 Å². The van der Waals surface area contributed by atoms with Crippen LogP contribution in [0, 0.1) is 0 Å². The second-order valence-electron chi connectivity index (χ2n) is 4.22. The van der Waals surface area contributed by atoms with E-state index in [4.69, 9.17) is 10.5 Å². The van der Waals surface area contributed by atoms with Gasteiger partial charge in [0.2, 0.25) is 5.91 Å². The van der Waals surface area contributed by atoms with Crippen LogP contribution in [0.3, 0.4) is 0 Å². The first-order valence-corrected chi connectivity index (χ1v) is 6.86. The standard InChI is InChI=1S/C15H15BrN2O2/c1-20-11-7-8-12(16)13(9-11)18-15(19)14(17)10-5-3-2-4-6-10/h2-9,14H,17H2,1H3,(H,18,19)/t14-/m1/s1. The summed E-state index contributed by atoms with van der Waals surface area (Å²) in [5.41, 5.74) is 7.34. The number of rotatable bonds is 4. The molecule has 4 nitrogen and oxygen atoms in total. The van der Waals surface area contributed by atoms with Gasteiger partial charge in [-0.25, -0.2) is 0 Å². The van der Waals surface area contributed by atoms with Crippen LogP contribution in [0.15, 0.2) is 53.0 Å². The molecule has 2 aromatic carbocycles. The maximum absolute atomic E-state index is 12.2. The van der Waals surface area contributed by atoms with Crippen molar-refractivity contribution in [1.82, 2.24) is 0 Å². The van der Waals surface area contributed by atoms with Gasteiger partial charge in [0.15, 0.2) is 0 Å². The van der Waals surface area contributed by atoms with Gasteiger partial charge in [0.05, 0.1) is 12.8 Å². The number of benzene rings is 2. The number of halogens is 1. The van der Waals surface area contributed by atoms with E-state index in [1.54, 1.807) is 19.2 Å². The summed E-state index contributed by atoms with van der Waals surface area (Å²) in [4.78, 5) is 12.2. The maximum Gasteiger partial charge on any atom is 0.245 e. The predicted octanol–water partition coefficient (Wildman–Crippen LogP) is 3.10. The molecule has 0 unspecified atom stereocenters. The van der Waals surface area contributed by atoms with Crippen LogP contribution in [-0.4, -0.2) is 13.0 Å². The third-order valence-corrected chi connectivity index (χ3v) is 3.56. The maximum atomic E-state index is 12.2. The first-order valence-electron chi connectivity index (χ1n) is 6.06. The Kier molecular flexibility index (Phi) is 4.76. The molecule has 0 saturated carbocycles. The lowest BCUT2D eigenvalue weighted by atomic mass is 10.1. The van der Waals surface area contributed by atoms with E-state index in [1.807, 2.05) is 36.4 Å². The average Bonchev–Trinajstić information content (AvgIpc) is 2.49. The lowest BCUT2D eigenvalue weighted by molar-refractivity contribution is -0.117. The molecule has 0 heterocycles. The molecule has 104 valence electrons. The third kappa shape index (κ3) is 3.37. The molecule has 1 atom stereocenters. The van der Waals surface area contributed by atoms with Crippen molar-refractivity contribution in [3.8, 4) is 5.75 Å². The van der Waals surface area contributed by atoms with Crippen LogP contribution in [0.1, 0.15) is 11.6 Å². The molecule has 0 radical (unpaired) electrons. The van der Waals surface area contributed by atoms with E-state index in [9.17, 15) is 4.79 Å². The largest absolute Gasteiger partial charge is 0.497 e. The Morgan fingerprint density at radius 2 is 1.95 bits per heavy atom. The van der Waals surface area contributed by atoms with Gasteiger partial charge in [-0.2, -0.15) is 0 Å². The van der Waals surface area contributed by atoms with Crippen LogP contribution >= 0.6 is 15.9 Å². The zero-order chi connectivity index (χ0) is 14.5. The number of anilines is 1. The highest BCUT2D eigenvalue weighted by atomic mass is 79.9. The second kappa shape index (κ2) is 6.54. The summed E-state index contributed by atoms with van der Waals surface area (Å²) >= 11 is 3.38. The number of amides is 1. The number of hydrogen-bond acceptors (Lipinski definition) is 3. The highest BCUT2D eigenvalue weighted by Crippen LogP contribution is 2.27. The summed E-state index contributed by atoms with van der Waals surface area (Å²) in [5.74, 6) is 0.391. The van der Waals surface area contributed by atoms with Gasteiger partial charge < -0.3 is 15.8 Å². The van der Waals surface area contributed by atoms with Crippen LogP contribution in [0.2, 0.25) is 0 Å². The molecule has 2 rings (SSSR count). The minimum atomic E-state index is -0.714. The van der Waals surface area contributed by atoms with Crippen molar-refractivity contribution in [3.05, 3.63) is 58.6 Å². The molecule has 2 aromatic rings. The molecular weight excluding hydrogens is 320 g/mol. The Hall–Kier alpha value is -1.85. The van der Waals surface area contributed by atoms with Crippen molar-refractivity contribution in [3.63, 3.8) is 0 Å². The minimum absolute atomic E-state index is 0.273. The van der Waals surface area contributed by atoms with E-state index < -0.39 is 6.04 Å². The van der Waals surface area contributed by atoms with Crippen LogP contribution < -0.4 is 15.8 Å². The van der Waals surface area contributed by atoms with Gasteiger partial charge in [-0.3, -0.25) is 4.79 Å². The van der Waals surface area contributed by atoms with E-state index in [0.717, 1.165) is 10.0 Å². The Morgan fingerprint density at radius 3 is 2.60 bits per heavy atom. The summed E-state index contributed by atoms with van der Waals surface area (Å²) in [7, 11) is 1.57. The van der Waals surface area contributed by atoms with Crippen molar-refractivity contribution in [1.29, 1.82) is 0 Å². The molecular formula is C15H15BrN2O2. The van der Waals surface area contributed by atoms with Crippen LogP contribution in [0.4, 0.5) is 5.69 Å². The predicted molar refractivity (Wildman–Crippen MR) is 82.7 cm³/mol. The van der Waals surface area contributed by atoms with Crippen LogP contribution in [0.25, 0.3) is 0 Å². The van der Waals surface area contributed by atoms with Gasteiger partial charge in [-0.05, 0) is 33.6 Å². The van der Waals surface area contributed by atoms with Crippen molar-refractivity contribution in [2.75, 3.05) is 12.4 Å². The Labute approximate surface area is 126 Å². The fourth-order valence-electron chi connectivity index (χ4n) is 1.75. The average molecular weight is 335 g/mol. The smallest absolute Gasteiger partial charge is 0.245 e. The first kappa shape index (κ1) is 14.6. The molecule has 0 aliphatic carbocycles. The summed E-state index contributed by atoms with van der Waals surface area (Å²) in [5, 5.41) is 2.79. The van der Waals surface area contributed by atoms with Crippen molar-refractivity contribution >= 4 is 27.5 Å². The molecule has 0 fully saturated rings. The van der Waals surface area contributed by atoms with E-state index in [1.165, 1.54) is 0 Å². The summed E-state index contributed by atoms with van der Waals surface area (Å²) in [6.45, 7) is 0.